The van der Waals surface area contributed by atoms with E-state index in [0.717, 1.165) is 25.6 Å². The van der Waals surface area contributed by atoms with Crippen LogP contribution in [0.15, 0.2) is 42.9 Å². The Morgan fingerprint density at radius 2 is 2.06 bits per heavy atom. The quantitative estimate of drug-likeness (QED) is 0.788. The summed E-state index contributed by atoms with van der Waals surface area (Å²) in [5, 5.41) is 3.50. The highest BCUT2D eigenvalue weighted by Crippen LogP contribution is 2.35. The summed E-state index contributed by atoms with van der Waals surface area (Å²) in [6.07, 6.45) is 7.65. The van der Waals surface area contributed by atoms with Gasteiger partial charge in [0.25, 0.3) is 0 Å². The number of imidazole rings is 1. The average molecular weight is 241 g/mol. The lowest BCUT2D eigenvalue weighted by Crippen LogP contribution is -2.18. The molecule has 94 valence electrons. The van der Waals surface area contributed by atoms with Crippen molar-refractivity contribution in [3.8, 4) is 0 Å². The molecule has 1 saturated carbocycles. The first kappa shape index (κ1) is 11.5. The van der Waals surface area contributed by atoms with Crippen LogP contribution in [0.3, 0.4) is 0 Å². The van der Waals surface area contributed by atoms with Gasteiger partial charge in [-0.05, 0) is 31.4 Å². The maximum absolute atomic E-state index is 4.24. The van der Waals surface area contributed by atoms with Crippen molar-refractivity contribution >= 4 is 0 Å². The Hall–Kier alpha value is -1.61. The van der Waals surface area contributed by atoms with Gasteiger partial charge < -0.3 is 9.88 Å². The molecule has 0 amide bonds. The molecule has 1 fully saturated rings. The SMILES string of the molecule is c1ccc(CCNCc2cncn2C2CC2)cc1. The molecule has 1 aliphatic carbocycles. The minimum atomic E-state index is 0.721. The molecular weight excluding hydrogens is 222 g/mol. The molecule has 0 spiro atoms. The zero-order valence-corrected chi connectivity index (χ0v) is 10.5. The van der Waals surface area contributed by atoms with Crippen LogP contribution < -0.4 is 5.32 Å². The van der Waals surface area contributed by atoms with Crippen molar-refractivity contribution in [1.29, 1.82) is 0 Å². The molecule has 18 heavy (non-hydrogen) atoms. The second-order valence-corrected chi connectivity index (χ2v) is 4.94. The Labute approximate surface area is 108 Å². The maximum Gasteiger partial charge on any atom is 0.0951 e. The molecular formula is C15H19N3. The van der Waals surface area contributed by atoms with Gasteiger partial charge in [0.2, 0.25) is 0 Å². The molecule has 1 aromatic carbocycles. The van der Waals surface area contributed by atoms with E-state index < -0.39 is 0 Å². The summed E-state index contributed by atoms with van der Waals surface area (Å²) in [6.45, 7) is 1.93. The van der Waals surface area contributed by atoms with E-state index in [1.54, 1.807) is 0 Å². The summed E-state index contributed by atoms with van der Waals surface area (Å²) >= 11 is 0. The van der Waals surface area contributed by atoms with Gasteiger partial charge in [0.15, 0.2) is 0 Å². The van der Waals surface area contributed by atoms with E-state index in [4.69, 9.17) is 0 Å². The van der Waals surface area contributed by atoms with Crippen LogP contribution in [0.25, 0.3) is 0 Å². The van der Waals surface area contributed by atoms with Gasteiger partial charge in [-0.15, -0.1) is 0 Å². The van der Waals surface area contributed by atoms with Crippen LogP contribution in [-0.4, -0.2) is 16.1 Å². The second kappa shape index (κ2) is 5.36. The van der Waals surface area contributed by atoms with Crippen LogP contribution in [-0.2, 0) is 13.0 Å². The van der Waals surface area contributed by atoms with Crippen LogP contribution in [0.4, 0.5) is 0 Å². The van der Waals surface area contributed by atoms with E-state index in [2.05, 4.69) is 45.2 Å². The topological polar surface area (TPSA) is 29.9 Å². The number of rotatable bonds is 6. The average Bonchev–Trinajstić information content (AvgIpc) is 3.16. The number of nitrogens with one attached hydrogen (secondary N) is 1. The fraction of sp³-hybridized carbons (Fsp3) is 0.400. The predicted octanol–water partition coefficient (Wildman–Crippen LogP) is 2.55. The molecule has 3 nitrogen and oxygen atoms in total. The molecule has 0 atom stereocenters. The van der Waals surface area contributed by atoms with Gasteiger partial charge >= 0.3 is 0 Å². The standard InChI is InChI=1S/C15H19N3/c1-2-4-13(5-3-1)8-9-16-10-15-11-17-12-18(15)14-6-7-14/h1-5,11-12,14,16H,6-10H2. The lowest BCUT2D eigenvalue weighted by Gasteiger charge is -2.08. The second-order valence-electron chi connectivity index (χ2n) is 4.94. The summed E-state index contributed by atoms with van der Waals surface area (Å²) in [4.78, 5) is 4.24. The third-order valence-electron chi connectivity index (χ3n) is 3.43. The number of nitrogens with zero attached hydrogens (tertiary/aromatic N) is 2. The van der Waals surface area contributed by atoms with Gasteiger partial charge in [-0.3, -0.25) is 0 Å². The molecule has 2 aromatic rings. The molecule has 3 rings (SSSR count). The van der Waals surface area contributed by atoms with E-state index >= 15 is 0 Å². The first-order valence-corrected chi connectivity index (χ1v) is 6.69. The minimum Gasteiger partial charge on any atom is -0.330 e. The molecule has 0 unspecified atom stereocenters. The van der Waals surface area contributed by atoms with Crippen molar-refractivity contribution in [1.82, 2.24) is 14.9 Å². The van der Waals surface area contributed by atoms with Crippen LogP contribution in [0.5, 0.6) is 0 Å². The molecule has 1 N–H and O–H groups in total. The van der Waals surface area contributed by atoms with E-state index in [1.807, 2.05) is 12.5 Å². The smallest absolute Gasteiger partial charge is 0.0951 e. The van der Waals surface area contributed by atoms with Crippen LogP contribution in [0.1, 0.15) is 30.1 Å². The zero-order chi connectivity index (χ0) is 12.2. The number of hydrogen-bond acceptors (Lipinski definition) is 2. The summed E-state index contributed by atoms with van der Waals surface area (Å²) < 4.78 is 2.31. The van der Waals surface area contributed by atoms with Crippen molar-refractivity contribution in [2.45, 2.75) is 31.8 Å². The summed E-state index contributed by atoms with van der Waals surface area (Å²) in [6, 6.07) is 11.3. The van der Waals surface area contributed by atoms with Gasteiger partial charge in [0.05, 0.1) is 12.0 Å². The van der Waals surface area contributed by atoms with Gasteiger partial charge in [-0.25, -0.2) is 4.98 Å². The molecule has 1 heterocycles. The molecule has 3 heteroatoms. The van der Waals surface area contributed by atoms with E-state index in [0.29, 0.717) is 0 Å². The third-order valence-corrected chi connectivity index (χ3v) is 3.43. The molecule has 1 aliphatic rings. The highest BCUT2D eigenvalue weighted by molar-refractivity contribution is 5.14. The highest BCUT2D eigenvalue weighted by Gasteiger charge is 2.24. The normalized spacial score (nSPS) is 14.9. The fourth-order valence-electron chi connectivity index (χ4n) is 2.24. The van der Waals surface area contributed by atoms with Crippen LogP contribution in [0, 0.1) is 0 Å². The summed E-state index contributed by atoms with van der Waals surface area (Å²) in [5.74, 6) is 0. The van der Waals surface area contributed by atoms with Crippen molar-refractivity contribution in [2.75, 3.05) is 6.54 Å². The van der Waals surface area contributed by atoms with Crippen molar-refractivity contribution in [2.24, 2.45) is 0 Å². The fourth-order valence-corrected chi connectivity index (χ4v) is 2.24. The predicted molar refractivity (Wildman–Crippen MR) is 72.4 cm³/mol. The first-order chi connectivity index (χ1) is 8.93. The maximum atomic E-state index is 4.24. The van der Waals surface area contributed by atoms with Gasteiger partial charge in [0.1, 0.15) is 0 Å². The number of benzene rings is 1. The molecule has 0 aliphatic heterocycles. The third kappa shape index (κ3) is 2.79. The molecule has 0 bridgehead atoms. The summed E-state index contributed by atoms with van der Waals surface area (Å²) in [7, 11) is 0. The lowest BCUT2D eigenvalue weighted by atomic mass is 10.1. The van der Waals surface area contributed by atoms with E-state index in [1.165, 1.54) is 24.1 Å². The Morgan fingerprint density at radius 3 is 2.83 bits per heavy atom. The Bertz CT molecular complexity index is 485. The van der Waals surface area contributed by atoms with Crippen LogP contribution in [0.2, 0.25) is 0 Å². The van der Waals surface area contributed by atoms with E-state index in [-0.39, 0.29) is 0 Å². The largest absolute Gasteiger partial charge is 0.330 e. The Balaban J connectivity index is 1.45. The minimum absolute atomic E-state index is 0.721. The summed E-state index contributed by atoms with van der Waals surface area (Å²) in [5.41, 5.74) is 2.70. The molecule has 0 radical (unpaired) electrons. The number of hydrogen-bond donors (Lipinski definition) is 1. The highest BCUT2D eigenvalue weighted by atomic mass is 15.1. The number of aromatic nitrogens is 2. The van der Waals surface area contributed by atoms with E-state index in [9.17, 15) is 0 Å². The zero-order valence-electron chi connectivity index (χ0n) is 10.5. The Kier molecular flexibility index (Phi) is 3.42. The molecule has 1 aromatic heterocycles. The van der Waals surface area contributed by atoms with Gasteiger partial charge in [-0.2, -0.15) is 0 Å². The molecule has 0 saturated heterocycles. The van der Waals surface area contributed by atoms with Crippen molar-refractivity contribution in [3.63, 3.8) is 0 Å². The van der Waals surface area contributed by atoms with Gasteiger partial charge in [0, 0.05) is 18.8 Å². The Morgan fingerprint density at radius 1 is 1.22 bits per heavy atom. The van der Waals surface area contributed by atoms with Gasteiger partial charge in [-0.1, -0.05) is 30.3 Å². The first-order valence-electron chi connectivity index (χ1n) is 6.69. The lowest BCUT2D eigenvalue weighted by molar-refractivity contribution is 0.620. The van der Waals surface area contributed by atoms with Crippen molar-refractivity contribution in [3.05, 3.63) is 54.1 Å². The monoisotopic (exact) mass is 241 g/mol. The van der Waals surface area contributed by atoms with Crippen LogP contribution >= 0.6 is 0 Å². The van der Waals surface area contributed by atoms with Crippen molar-refractivity contribution < 1.29 is 0 Å².